The molecule has 2 rings (SSSR count). The van der Waals surface area contributed by atoms with E-state index in [4.69, 9.17) is 40.5 Å². The quantitative estimate of drug-likeness (QED) is 0.666. The van der Waals surface area contributed by atoms with Crippen LogP contribution in [0.1, 0.15) is 0 Å². The largest absolute Gasteiger partial charge is 0.397 e. The van der Waals surface area contributed by atoms with Gasteiger partial charge >= 0.3 is 0 Å². The minimum absolute atomic E-state index is 0.428. The molecule has 2 aromatic rings. The highest BCUT2D eigenvalue weighted by molar-refractivity contribution is 9.10. The molecule has 0 radical (unpaired) electrons. The van der Waals surface area contributed by atoms with Crippen molar-refractivity contribution in [1.82, 2.24) is 0 Å². The average Bonchev–Trinajstić information content (AvgIpc) is 2.31. The van der Waals surface area contributed by atoms with E-state index in [2.05, 4.69) is 21.2 Å². The Kier molecular flexibility index (Phi) is 4.28. The molecule has 0 spiro atoms. The van der Waals surface area contributed by atoms with Crippen LogP contribution in [0.15, 0.2) is 34.8 Å². The third-order valence-electron chi connectivity index (χ3n) is 2.29. The molecule has 18 heavy (non-hydrogen) atoms. The molecular weight excluding hydrogens is 358 g/mol. The number of nitrogens with two attached hydrogens (primary N) is 1. The summed E-state index contributed by atoms with van der Waals surface area (Å²) in [7, 11) is 0. The summed E-state index contributed by atoms with van der Waals surface area (Å²) < 4.78 is 0.799. The van der Waals surface area contributed by atoms with Crippen LogP contribution < -0.4 is 11.1 Å². The fourth-order valence-corrected chi connectivity index (χ4v) is 2.23. The van der Waals surface area contributed by atoms with Crippen LogP contribution in [0.5, 0.6) is 0 Å². The fourth-order valence-electron chi connectivity index (χ4n) is 1.40. The number of nitrogens with one attached hydrogen (secondary N) is 1. The van der Waals surface area contributed by atoms with Gasteiger partial charge in [0, 0.05) is 10.2 Å². The molecule has 0 bridgehead atoms. The maximum atomic E-state index is 5.95. The minimum Gasteiger partial charge on any atom is -0.397 e. The molecule has 0 atom stereocenters. The van der Waals surface area contributed by atoms with E-state index in [0.717, 1.165) is 10.2 Å². The lowest BCUT2D eigenvalue weighted by Gasteiger charge is -2.11. The number of hydrogen-bond donors (Lipinski definition) is 2. The lowest BCUT2D eigenvalue weighted by atomic mass is 10.2. The van der Waals surface area contributed by atoms with Gasteiger partial charge in [0.2, 0.25) is 0 Å². The molecule has 0 amide bonds. The van der Waals surface area contributed by atoms with Crippen LogP contribution in [0.2, 0.25) is 15.1 Å². The SMILES string of the molecule is Nc1cc(Cl)c(Cl)cc1Nc1ccc(Cl)c(Br)c1. The van der Waals surface area contributed by atoms with Crippen molar-refractivity contribution in [2.45, 2.75) is 0 Å². The summed E-state index contributed by atoms with van der Waals surface area (Å²) in [5.41, 5.74) is 7.92. The van der Waals surface area contributed by atoms with Crippen molar-refractivity contribution < 1.29 is 0 Å². The Balaban J connectivity index is 2.34. The van der Waals surface area contributed by atoms with Crippen LogP contribution in [0, 0.1) is 0 Å². The summed E-state index contributed by atoms with van der Waals surface area (Å²) in [5.74, 6) is 0. The van der Waals surface area contributed by atoms with Crippen molar-refractivity contribution in [2.75, 3.05) is 11.1 Å². The Hall–Kier alpha value is -0.610. The second-order valence-corrected chi connectivity index (χ2v) is 5.68. The maximum Gasteiger partial charge on any atom is 0.0633 e. The number of rotatable bonds is 2. The minimum atomic E-state index is 0.428. The van der Waals surface area contributed by atoms with Gasteiger partial charge in [-0.2, -0.15) is 0 Å². The molecule has 0 aliphatic heterocycles. The lowest BCUT2D eigenvalue weighted by Crippen LogP contribution is -1.96. The topological polar surface area (TPSA) is 38.0 Å². The van der Waals surface area contributed by atoms with Crippen molar-refractivity contribution in [3.63, 3.8) is 0 Å². The van der Waals surface area contributed by atoms with E-state index in [1.165, 1.54) is 0 Å². The Morgan fingerprint density at radius 1 is 0.944 bits per heavy atom. The van der Waals surface area contributed by atoms with Crippen LogP contribution in [-0.2, 0) is 0 Å². The van der Waals surface area contributed by atoms with Crippen LogP contribution in [0.25, 0.3) is 0 Å². The zero-order valence-electron chi connectivity index (χ0n) is 8.98. The summed E-state index contributed by atoms with van der Waals surface area (Å²) in [6, 6.07) is 8.76. The molecule has 0 saturated carbocycles. The van der Waals surface area contributed by atoms with E-state index in [9.17, 15) is 0 Å². The molecule has 2 nitrogen and oxygen atoms in total. The summed E-state index contributed by atoms with van der Waals surface area (Å²) >= 11 is 21.1. The van der Waals surface area contributed by atoms with E-state index >= 15 is 0 Å². The molecule has 0 aromatic heterocycles. The number of nitrogen functional groups attached to an aromatic ring is 1. The first kappa shape index (κ1) is 13.8. The zero-order chi connectivity index (χ0) is 13.3. The molecule has 6 heteroatoms. The number of halogens is 4. The predicted octanol–water partition coefficient (Wildman–Crippen LogP) is 5.74. The standard InChI is InChI=1S/C12H8BrCl3N2/c13-7-3-6(1-2-8(7)14)18-12-5-10(16)9(15)4-11(12)17/h1-5,18H,17H2. The van der Waals surface area contributed by atoms with Gasteiger partial charge in [-0.15, -0.1) is 0 Å². The maximum absolute atomic E-state index is 5.95. The van der Waals surface area contributed by atoms with Gasteiger partial charge in [0.1, 0.15) is 0 Å². The highest BCUT2D eigenvalue weighted by atomic mass is 79.9. The third-order valence-corrected chi connectivity index (χ3v) is 4.23. The second kappa shape index (κ2) is 5.57. The number of hydrogen-bond acceptors (Lipinski definition) is 2. The van der Waals surface area contributed by atoms with Crippen molar-refractivity contribution in [1.29, 1.82) is 0 Å². The van der Waals surface area contributed by atoms with Crippen LogP contribution >= 0.6 is 50.7 Å². The molecule has 0 heterocycles. The normalized spacial score (nSPS) is 10.4. The molecule has 2 aromatic carbocycles. The van der Waals surface area contributed by atoms with Gasteiger partial charge in [0.15, 0.2) is 0 Å². The molecular formula is C12H8BrCl3N2. The molecule has 0 aliphatic rings. The highest BCUT2D eigenvalue weighted by Crippen LogP contribution is 2.34. The Morgan fingerprint density at radius 2 is 1.61 bits per heavy atom. The van der Waals surface area contributed by atoms with Gasteiger partial charge in [-0.1, -0.05) is 34.8 Å². The molecule has 0 saturated heterocycles. The van der Waals surface area contributed by atoms with Gasteiger partial charge in [0.25, 0.3) is 0 Å². The number of anilines is 3. The lowest BCUT2D eigenvalue weighted by molar-refractivity contribution is 1.53. The first-order valence-corrected chi connectivity index (χ1v) is 6.86. The van der Waals surface area contributed by atoms with E-state index in [1.54, 1.807) is 18.2 Å². The smallest absolute Gasteiger partial charge is 0.0633 e. The van der Waals surface area contributed by atoms with E-state index in [0.29, 0.717) is 26.4 Å². The summed E-state index contributed by atoms with van der Waals surface area (Å²) in [6.07, 6.45) is 0. The Bertz CT molecular complexity index is 602. The molecule has 0 fully saturated rings. The molecule has 3 N–H and O–H groups in total. The zero-order valence-corrected chi connectivity index (χ0v) is 12.8. The second-order valence-electron chi connectivity index (χ2n) is 3.61. The number of benzene rings is 2. The van der Waals surface area contributed by atoms with Crippen molar-refractivity contribution in [3.05, 3.63) is 49.9 Å². The summed E-state index contributed by atoms with van der Waals surface area (Å²) in [5, 5.41) is 4.67. The van der Waals surface area contributed by atoms with Gasteiger partial charge in [-0.05, 0) is 46.3 Å². The highest BCUT2D eigenvalue weighted by Gasteiger charge is 2.06. The van der Waals surface area contributed by atoms with Crippen molar-refractivity contribution in [3.8, 4) is 0 Å². The summed E-state index contributed by atoms with van der Waals surface area (Å²) in [4.78, 5) is 0. The molecule has 94 valence electrons. The molecule has 0 unspecified atom stereocenters. The van der Waals surface area contributed by atoms with Gasteiger partial charge in [-0.25, -0.2) is 0 Å². The van der Waals surface area contributed by atoms with E-state index in [-0.39, 0.29) is 0 Å². The average molecular weight is 366 g/mol. The molecule has 0 aliphatic carbocycles. The first-order valence-electron chi connectivity index (χ1n) is 4.94. The monoisotopic (exact) mass is 364 g/mol. The van der Waals surface area contributed by atoms with Crippen LogP contribution in [-0.4, -0.2) is 0 Å². The summed E-state index contributed by atoms with van der Waals surface area (Å²) in [6.45, 7) is 0. The van der Waals surface area contributed by atoms with Crippen LogP contribution in [0.4, 0.5) is 17.1 Å². The Labute approximate surface area is 128 Å². The van der Waals surface area contributed by atoms with Gasteiger partial charge in [0.05, 0.1) is 26.4 Å². The van der Waals surface area contributed by atoms with Gasteiger partial charge < -0.3 is 11.1 Å². The van der Waals surface area contributed by atoms with E-state index in [1.807, 2.05) is 12.1 Å². The third kappa shape index (κ3) is 3.04. The van der Waals surface area contributed by atoms with Crippen molar-refractivity contribution in [2.24, 2.45) is 0 Å². The Morgan fingerprint density at radius 3 is 2.28 bits per heavy atom. The van der Waals surface area contributed by atoms with Gasteiger partial charge in [-0.3, -0.25) is 0 Å². The van der Waals surface area contributed by atoms with Crippen LogP contribution in [0.3, 0.4) is 0 Å². The van der Waals surface area contributed by atoms with Crippen molar-refractivity contribution >= 4 is 67.8 Å². The van der Waals surface area contributed by atoms with E-state index < -0.39 is 0 Å². The predicted molar refractivity (Wildman–Crippen MR) is 83.3 cm³/mol. The first-order chi connectivity index (χ1) is 8.47. The fraction of sp³-hybridized carbons (Fsp3) is 0.